The average molecular weight is 275 g/mol. The van der Waals surface area contributed by atoms with Crippen LogP contribution >= 0.6 is 0 Å². The van der Waals surface area contributed by atoms with E-state index >= 15 is 0 Å². The van der Waals surface area contributed by atoms with Crippen molar-refractivity contribution in [1.82, 2.24) is 4.98 Å². The Labute approximate surface area is 126 Å². The molecule has 0 saturated heterocycles. The predicted octanol–water partition coefficient (Wildman–Crippen LogP) is 5.44. The zero-order chi connectivity index (χ0) is 15.1. The Balaban J connectivity index is 2.30. The lowest BCUT2D eigenvalue weighted by atomic mass is 9.97. The quantitative estimate of drug-likeness (QED) is 0.576. The molecule has 0 spiro atoms. The monoisotopic (exact) mass is 275 g/mol. The van der Waals surface area contributed by atoms with Crippen LogP contribution in [-0.2, 0) is 0 Å². The normalized spacial score (nSPS) is 11.1. The van der Waals surface area contributed by atoms with Crippen LogP contribution in [0.5, 0.6) is 0 Å². The molecule has 0 radical (unpaired) electrons. The number of fused-ring (bicyclic) bond motifs is 1. The van der Waals surface area contributed by atoms with Crippen molar-refractivity contribution >= 4 is 10.9 Å². The molecule has 0 aliphatic rings. The molecule has 2 aromatic carbocycles. The molecule has 1 heteroatoms. The van der Waals surface area contributed by atoms with Gasteiger partial charge < -0.3 is 0 Å². The molecule has 1 nitrogen and oxygen atoms in total. The second-order valence-electron chi connectivity index (χ2n) is 6.12. The second kappa shape index (κ2) is 5.00. The molecule has 0 unspecified atom stereocenters. The van der Waals surface area contributed by atoms with Crippen molar-refractivity contribution in [3.63, 3.8) is 0 Å². The van der Waals surface area contributed by atoms with Crippen LogP contribution in [0.3, 0.4) is 0 Å². The van der Waals surface area contributed by atoms with Crippen LogP contribution in [0, 0.1) is 34.6 Å². The lowest BCUT2D eigenvalue weighted by Gasteiger charge is -2.12. The molecule has 0 amide bonds. The maximum absolute atomic E-state index is 4.96. The van der Waals surface area contributed by atoms with E-state index in [1.807, 2.05) is 0 Å². The highest BCUT2D eigenvalue weighted by Crippen LogP contribution is 2.29. The third kappa shape index (κ3) is 2.44. The largest absolute Gasteiger partial charge is 0.247 e. The molecule has 0 aliphatic heterocycles. The molecule has 0 fully saturated rings. The first-order valence-corrected chi connectivity index (χ1v) is 7.42. The van der Waals surface area contributed by atoms with E-state index in [1.54, 1.807) is 0 Å². The third-order valence-corrected chi connectivity index (χ3v) is 4.11. The van der Waals surface area contributed by atoms with Crippen molar-refractivity contribution in [1.29, 1.82) is 0 Å². The first kappa shape index (κ1) is 13.8. The van der Waals surface area contributed by atoms with Gasteiger partial charge in [-0.15, -0.1) is 0 Å². The van der Waals surface area contributed by atoms with E-state index in [-0.39, 0.29) is 0 Å². The minimum absolute atomic E-state index is 1.09. The van der Waals surface area contributed by atoms with Crippen LogP contribution in [0.25, 0.3) is 22.2 Å². The summed E-state index contributed by atoms with van der Waals surface area (Å²) in [6.07, 6.45) is 0. The summed E-state index contributed by atoms with van der Waals surface area (Å²) in [7, 11) is 0. The molecule has 0 N–H and O–H groups in total. The molecule has 1 heterocycles. The Morgan fingerprint density at radius 3 is 2.10 bits per heavy atom. The van der Waals surface area contributed by atoms with Gasteiger partial charge in [-0.25, -0.2) is 4.98 Å². The van der Waals surface area contributed by atoms with E-state index in [1.165, 1.54) is 38.8 Å². The number of hydrogen-bond donors (Lipinski definition) is 0. The summed E-state index contributed by atoms with van der Waals surface area (Å²) in [5.74, 6) is 0. The Kier molecular flexibility index (Phi) is 3.29. The smallest absolute Gasteiger partial charge is 0.0741 e. The second-order valence-corrected chi connectivity index (χ2v) is 6.12. The van der Waals surface area contributed by atoms with Gasteiger partial charge >= 0.3 is 0 Å². The van der Waals surface area contributed by atoms with E-state index in [4.69, 9.17) is 4.98 Å². The molecule has 106 valence electrons. The number of pyridine rings is 1. The molecular formula is C20H21N. The fourth-order valence-corrected chi connectivity index (χ4v) is 3.08. The first-order valence-electron chi connectivity index (χ1n) is 7.42. The summed E-state index contributed by atoms with van der Waals surface area (Å²) >= 11 is 0. The van der Waals surface area contributed by atoms with Crippen LogP contribution < -0.4 is 0 Å². The number of nitrogens with zero attached hydrogens (tertiary/aromatic N) is 1. The molecule has 1 aromatic heterocycles. The van der Waals surface area contributed by atoms with E-state index in [0.717, 1.165) is 11.2 Å². The summed E-state index contributed by atoms with van der Waals surface area (Å²) in [5.41, 5.74) is 9.81. The topological polar surface area (TPSA) is 12.9 Å². The van der Waals surface area contributed by atoms with Gasteiger partial charge in [0.05, 0.1) is 11.2 Å². The molecular weight excluding hydrogens is 254 g/mol. The summed E-state index contributed by atoms with van der Waals surface area (Å²) in [4.78, 5) is 4.96. The molecule has 21 heavy (non-hydrogen) atoms. The molecule has 3 rings (SSSR count). The van der Waals surface area contributed by atoms with Gasteiger partial charge in [0.15, 0.2) is 0 Å². The van der Waals surface area contributed by atoms with Crippen molar-refractivity contribution in [2.24, 2.45) is 0 Å². The zero-order valence-electron chi connectivity index (χ0n) is 13.4. The maximum atomic E-state index is 4.96. The standard InChI is InChI=1S/C20H21N/c1-12-6-7-17(14(3)8-12)20-16(5)11-18-15(4)9-13(2)10-19(18)21-20/h6-11H,1-5H3. The third-order valence-electron chi connectivity index (χ3n) is 4.11. The van der Waals surface area contributed by atoms with Gasteiger partial charge in [-0.1, -0.05) is 29.8 Å². The van der Waals surface area contributed by atoms with Gasteiger partial charge in [0, 0.05) is 10.9 Å². The minimum Gasteiger partial charge on any atom is -0.247 e. The Bertz CT molecular complexity index is 844. The zero-order valence-corrected chi connectivity index (χ0v) is 13.4. The Morgan fingerprint density at radius 1 is 0.667 bits per heavy atom. The summed E-state index contributed by atoms with van der Waals surface area (Å²) < 4.78 is 0. The number of hydrogen-bond acceptors (Lipinski definition) is 1. The van der Waals surface area contributed by atoms with Gasteiger partial charge in [-0.3, -0.25) is 0 Å². The number of rotatable bonds is 1. The molecule has 0 aliphatic carbocycles. The van der Waals surface area contributed by atoms with E-state index in [2.05, 4.69) is 71.0 Å². The Hall–Kier alpha value is -2.15. The molecule has 0 atom stereocenters. The van der Waals surface area contributed by atoms with Crippen molar-refractivity contribution in [2.75, 3.05) is 0 Å². The predicted molar refractivity (Wildman–Crippen MR) is 90.9 cm³/mol. The fraction of sp³-hybridized carbons (Fsp3) is 0.250. The van der Waals surface area contributed by atoms with Crippen LogP contribution in [0.2, 0.25) is 0 Å². The summed E-state index contributed by atoms with van der Waals surface area (Å²) in [6, 6.07) is 13.2. The van der Waals surface area contributed by atoms with Crippen LogP contribution in [-0.4, -0.2) is 4.98 Å². The van der Waals surface area contributed by atoms with Crippen LogP contribution in [0.1, 0.15) is 27.8 Å². The van der Waals surface area contributed by atoms with Crippen molar-refractivity contribution in [3.05, 3.63) is 64.2 Å². The average Bonchev–Trinajstić information content (AvgIpc) is 2.39. The van der Waals surface area contributed by atoms with Crippen molar-refractivity contribution in [2.45, 2.75) is 34.6 Å². The number of benzene rings is 2. The highest BCUT2D eigenvalue weighted by molar-refractivity contribution is 5.87. The lowest BCUT2D eigenvalue weighted by Crippen LogP contribution is -1.94. The lowest BCUT2D eigenvalue weighted by molar-refractivity contribution is 1.28. The first-order chi connectivity index (χ1) is 9.95. The highest BCUT2D eigenvalue weighted by Gasteiger charge is 2.10. The number of aryl methyl sites for hydroxylation is 5. The van der Waals surface area contributed by atoms with Gasteiger partial charge in [0.2, 0.25) is 0 Å². The van der Waals surface area contributed by atoms with Crippen molar-refractivity contribution in [3.8, 4) is 11.3 Å². The Morgan fingerprint density at radius 2 is 1.38 bits per heavy atom. The van der Waals surface area contributed by atoms with Gasteiger partial charge in [0.25, 0.3) is 0 Å². The van der Waals surface area contributed by atoms with E-state index in [0.29, 0.717) is 0 Å². The summed E-state index contributed by atoms with van der Waals surface area (Å²) in [6.45, 7) is 10.7. The van der Waals surface area contributed by atoms with Crippen LogP contribution in [0.15, 0.2) is 36.4 Å². The van der Waals surface area contributed by atoms with E-state index < -0.39 is 0 Å². The molecule has 0 saturated carbocycles. The number of aromatic nitrogens is 1. The molecule has 3 aromatic rings. The van der Waals surface area contributed by atoms with E-state index in [9.17, 15) is 0 Å². The van der Waals surface area contributed by atoms with Crippen molar-refractivity contribution < 1.29 is 0 Å². The summed E-state index contributed by atoms with van der Waals surface area (Å²) in [5, 5.41) is 1.26. The van der Waals surface area contributed by atoms with Crippen LogP contribution in [0.4, 0.5) is 0 Å². The minimum atomic E-state index is 1.09. The van der Waals surface area contributed by atoms with Gasteiger partial charge in [-0.2, -0.15) is 0 Å². The van der Waals surface area contributed by atoms with Gasteiger partial charge in [-0.05, 0) is 69.0 Å². The maximum Gasteiger partial charge on any atom is 0.0741 e. The highest BCUT2D eigenvalue weighted by atomic mass is 14.7. The fourth-order valence-electron chi connectivity index (χ4n) is 3.08. The van der Waals surface area contributed by atoms with Gasteiger partial charge in [0.1, 0.15) is 0 Å². The molecule has 0 bridgehead atoms. The SMILES string of the molecule is Cc1ccc(-c2nc3cc(C)cc(C)c3cc2C)c(C)c1.